The first-order chi connectivity index (χ1) is 9.61. The molecule has 0 saturated heterocycles. The van der Waals surface area contributed by atoms with Crippen LogP contribution in [0.25, 0.3) is 10.9 Å². The van der Waals surface area contributed by atoms with Crippen molar-refractivity contribution in [3.05, 3.63) is 35.9 Å². The highest BCUT2D eigenvalue weighted by Crippen LogP contribution is 2.21. The third-order valence-electron chi connectivity index (χ3n) is 3.31. The van der Waals surface area contributed by atoms with Gasteiger partial charge < -0.3 is 9.80 Å². The van der Waals surface area contributed by atoms with E-state index in [9.17, 15) is 5.26 Å². The summed E-state index contributed by atoms with van der Waals surface area (Å²) in [6, 6.07) is 11.9. The van der Waals surface area contributed by atoms with Crippen molar-refractivity contribution in [3.8, 4) is 6.07 Å². The van der Waals surface area contributed by atoms with E-state index in [0.29, 0.717) is 5.56 Å². The Labute approximate surface area is 120 Å². The molecule has 0 saturated carbocycles. The SMILES string of the molecule is CN(C)CCCN(C)c1cc(C#N)c2ccccc2n1. The molecule has 104 valence electrons. The molecule has 0 aliphatic heterocycles. The van der Waals surface area contributed by atoms with Gasteiger partial charge in [-0.15, -0.1) is 0 Å². The Hall–Kier alpha value is -2.12. The summed E-state index contributed by atoms with van der Waals surface area (Å²) in [5, 5.41) is 10.2. The predicted molar refractivity (Wildman–Crippen MR) is 82.9 cm³/mol. The number of nitriles is 1. The van der Waals surface area contributed by atoms with Gasteiger partial charge in [0, 0.05) is 19.0 Å². The number of para-hydroxylation sites is 1. The molecule has 2 aromatic rings. The minimum atomic E-state index is 0.685. The molecule has 0 bridgehead atoms. The molecule has 2 rings (SSSR count). The zero-order valence-electron chi connectivity index (χ0n) is 12.3. The van der Waals surface area contributed by atoms with Crippen molar-refractivity contribution in [3.63, 3.8) is 0 Å². The standard InChI is InChI=1S/C16H20N4/c1-19(2)9-6-10-20(3)16-11-13(12-17)14-7-4-5-8-15(14)18-16/h4-5,7-8,11H,6,9-10H2,1-3H3. The van der Waals surface area contributed by atoms with Gasteiger partial charge in [0.15, 0.2) is 0 Å². The summed E-state index contributed by atoms with van der Waals surface area (Å²) in [4.78, 5) is 8.92. The Morgan fingerprint density at radius 3 is 2.60 bits per heavy atom. The van der Waals surface area contributed by atoms with Gasteiger partial charge in [-0.2, -0.15) is 5.26 Å². The van der Waals surface area contributed by atoms with Crippen molar-refractivity contribution in [2.24, 2.45) is 0 Å². The molecular formula is C16H20N4. The van der Waals surface area contributed by atoms with Crippen LogP contribution >= 0.6 is 0 Å². The van der Waals surface area contributed by atoms with Gasteiger partial charge in [-0.3, -0.25) is 0 Å². The van der Waals surface area contributed by atoms with Gasteiger partial charge in [0.05, 0.1) is 17.1 Å². The number of pyridine rings is 1. The summed E-state index contributed by atoms with van der Waals surface area (Å²) in [6.45, 7) is 1.97. The second-order valence-corrected chi connectivity index (χ2v) is 5.24. The molecule has 1 heterocycles. The molecule has 1 aromatic carbocycles. The zero-order valence-corrected chi connectivity index (χ0v) is 12.3. The van der Waals surface area contributed by atoms with E-state index in [-0.39, 0.29) is 0 Å². The Balaban J connectivity index is 2.24. The molecule has 0 fully saturated rings. The fourth-order valence-electron chi connectivity index (χ4n) is 2.19. The number of nitrogens with zero attached hydrogens (tertiary/aromatic N) is 4. The summed E-state index contributed by atoms with van der Waals surface area (Å²) < 4.78 is 0. The van der Waals surface area contributed by atoms with Crippen LogP contribution < -0.4 is 4.90 Å². The van der Waals surface area contributed by atoms with E-state index in [1.165, 1.54) is 0 Å². The molecule has 0 N–H and O–H groups in total. The van der Waals surface area contributed by atoms with Gasteiger partial charge in [-0.25, -0.2) is 4.98 Å². The van der Waals surface area contributed by atoms with Crippen molar-refractivity contribution in [1.82, 2.24) is 9.88 Å². The first kappa shape index (κ1) is 14.3. The first-order valence-electron chi connectivity index (χ1n) is 6.77. The highest BCUT2D eigenvalue weighted by molar-refractivity contribution is 5.86. The highest BCUT2D eigenvalue weighted by Gasteiger charge is 2.08. The Morgan fingerprint density at radius 1 is 1.15 bits per heavy atom. The van der Waals surface area contributed by atoms with Crippen LogP contribution in [0, 0.1) is 11.3 Å². The molecule has 0 atom stereocenters. The number of hydrogen-bond acceptors (Lipinski definition) is 4. The Morgan fingerprint density at radius 2 is 1.90 bits per heavy atom. The lowest BCUT2D eigenvalue weighted by Gasteiger charge is -2.20. The third-order valence-corrected chi connectivity index (χ3v) is 3.31. The van der Waals surface area contributed by atoms with Crippen LogP contribution in [0.5, 0.6) is 0 Å². The lowest BCUT2D eigenvalue weighted by Crippen LogP contribution is -2.24. The maximum Gasteiger partial charge on any atom is 0.130 e. The quantitative estimate of drug-likeness (QED) is 0.835. The molecule has 1 aromatic heterocycles. The number of fused-ring (bicyclic) bond motifs is 1. The average molecular weight is 268 g/mol. The molecule has 20 heavy (non-hydrogen) atoms. The summed E-state index contributed by atoms with van der Waals surface area (Å²) in [5.74, 6) is 0.860. The van der Waals surface area contributed by atoms with E-state index in [2.05, 4.69) is 34.9 Å². The van der Waals surface area contributed by atoms with Gasteiger partial charge >= 0.3 is 0 Å². The Kier molecular flexibility index (Phi) is 4.54. The molecule has 0 amide bonds. The van der Waals surface area contributed by atoms with Gasteiger partial charge in [-0.1, -0.05) is 18.2 Å². The van der Waals surface area contributed by atoms with Gasteiger partial charge in [0.2, 0.25) is 0 Å². The van der Waals surface area contributed by atoms with Crippen molar-refractivity contribution in [2.45, 2.75) is 6.42 Å². The lowest BCUT2D eigenvalue weighted by molar-refractivity contribution is 0.401. The van der Waals surface area contributed by atoms with Crippen molar-refractivity contribution < 1.29 is 0 Å². The van der Waals surface area contributed by atoms with E-state index < -0.39 is 0 Å². The third kappa shape index (κ3) is 3.25. The molecule has 0 radical (unpaired) electrons. The highest BCUT2D eigenvalue weighted by atomic mass is 15.2. The number of anilines is 1. The van der Waals surface area contributed by atoms with Crippen LogP contribution in [0.15, 0.2) is 30.3 Å². The summed E-state index contributed by atoms with van der Waals surface area (Å²) in [7, 11) is 6.16. The second kappa shape index (κ2) is 6.36. The smallest absolute Gasteiger partial charge is 0.130 e. The summed E-state index contributed by atoms with van der Waals surface area (Å²) >= 11 is 0. The number of hydrogen-bond donors (Lipinski definition) is 0. The molecule has 4 heteroatoms. The molecule has 0 spiro atoms. The minimum absolute atomic E-state index is 0.685. The zero-order chi connectivity index (χ0) is 14.5. The largest absolute Gasteiger partial charge is 0.360 e. The van der Waals surface area contributed by atoms with Crippen molar-refractivity contribution >= 4 is 16.7 Å². The predicted octanol–water partition coefficient (Wildman–Crippen LogP) is 2.49. The summed E-state index contributed by atoms with van der Waals surface area (Å²) in [6.07, 6.45) is 1.07. The van der Waals surface area contributed by atoms with Crippen LogP contribution in [0.4, 0.5) is 5.82 Å². The maximum atomic E-state index is 9.29. The average Bonchev–Trinajstić information content (AvgIpc) is 2.45. The normalized spacial score (nSPS) is 10.8. The lowest BCUT2D eigenvalue weighted by atomic mass is 10.1. The van der Waals surface area contributed by atoms with E-state index in [1.807, 2.05) is 37.4 Å². The number of aromatic nitrogens is 1. The van der Waals surface area contributed by atoms with Crippen LogP contribution in [0.2, 0.25) is 0 Å². The van der Waals surface area contributed by atoms with Crippen LogP contribution in [0.1, 0.15) is 12.0 Å². The minimum Gasteiger partial charge on any atom is -0.360 e. The van der Waals surface area contributed by atoms with E-state index in [4.69, 9.17) is 0 Å². The molecule has 0 aliphatic carbocycles. The van der Waals surface area contributed by atoms with Crippen LogP contribution in [0.3, 0.4) is 0 Å². The van der Waals surface area contributed by atoms with Crippen LogP contribution in [-0.2, 0) is 0 Å². The maximum absolute atomic E-state index is 9.29. The van der Waals surface area contributed by atoms with Gasteiger partial charge in [0.1, 0.15) is 5.82 Å². The fraction of sp³-hybridized carbons (Fsp3) is 0.375. The van der Waals surface area contributed by atoms with E-state index in [0.717, 1.165) is 36.2 Å². The van der Waals surface area contributed by atoms with Gasteiger partial charge in [-0.05, 0) is 39.2 Å². The van der Waals surface area contributed by atoms with Crippen molar-refractivity contribution in [2.75, 3.05) is 39.1 Å². The Bertz CT molecular complexity index is 628. The molecular weight excluding hydrogens is 248 g/mol. The topological polar surface area (TPSA) is 43.2 Å². The number of benzene rings is 1. The second-order valence-electron chi connectivity index (χ2n) is 5.24. The monoisotopic (exact) mass is 268 g/mol. The molecule has 4 nitrogen and oxygen atoms in total. The van der Waals surface area contributed by atoms with E-state index in [1.54, 1.807) is 0 Å². The molecule has 0 aliphatic rings. The summed E-state index contributed by atoms with van der Waals surface area (Å²) in [5.41, 5.74) is 1.56. The van der Waals surface area contributed by atoms with Crippen LogP contribution in [-0.4, -0.2) is 44.1 Å². The first-order valence-corrected chi connectivity index (χ1v) is 6.77. The van der Waals surface area contributed by atoms with Crippen molar-refractivity contribution in [1.29, 1.82) is 5.26 Å². The van der Waals surface area contributed by atoms with E-state index >= 15 is 0 Å². The molecule has 0 unspecified atom stereocenters. The van der Waals surface area contributed by atoms with Gasteiger partial charge in [0.25, 0.3) is 0 Å². The fourth-order valence-corrected chi connectivity index (χ4v) is 2.19. The number of rotatable bonds is 5.